The van der Waals surface area contributed by atoms with E-state index < -0.39 is 0 Å². The minimum absolute atomic E-state index is 0.0218. The van der Waals surface area contributed by atoms with Gasteiger partial charge in [-0.2, -0.15) is 5.10 Å². The highest BCUT2D eigenvalue weighted by molar-refractivity contribution is 5.92. The van der Waals surface area contributed by atoms with Crippen LogP contribution in [0.25, 0.3) is 0 Å². The van der Waals surface area contributed by atoms with E-state index in [1.54, 1.807) is 23.2 Å². The summed E-state index contributed by atoms with van der Waals surface area (Å²) in [5, 5.41) is 7.46. The monoisotopic (exact) mass is 369 g/mol. The highest BCUT2D eigenvalue weighted by Crippen LogP contribution is 2.18. The summed E-state index contributed by atoms with van der Waals surface area (Å²) >= 11 is 0. The largest absolute Gasteiger partial charge is 0.356 e. The van der Waals surface area contributed by atoms with Crippen molar-refractivity contribution in [1.29, 1.82) is 0 Å². The summed E-state index contributed by atoms with van der Waals surface area (Å²) in [5.41, 5.74) is 2.62. The molecule has 1 aliphatic rings. The molecule has 1 fully saturated rings. The third-order valence-corrected chi connectivity index (χ3v) is 4.99. The molecule has 0 spiro atoms. The molecule has 1 N–H and O–H groups in total. The van der Waals surface area contributed by atoms with E-state index in [-0.39, 0.29) is 17.7 Å². The lowest BCUT2D eigenvalue weighted by molar-refractivity contribution is -0.126. The van der Waals surface area contributed by atoms with E-state index in [1.807, 2.05) is 24.6 Å². The molecule has 0 unspecified atom stereocenters. The molecule has 1 aliphatic heterocycles. The van der Waals surface area contributed by atoms with Gasteiger partial charge in [0.05, 0.1) is 5.69 Å². The van der Waals surface area contributed by atoms with Crippen molar-refractivity contribution >= 4 is 11.8 Å². The van der Waals surface area contributed by atoms with Crippen molar-refractivity contribution in [3.05, 3.63) is 47.5 Å². The Kier molecular flexibility index (Phi) is 6.21. The summed E-state index contributed by atoms with van der Waals surface area (Å²) in [5.74, 6) is 0.0131. The van der Waals surface area contributed by atoms with Crippen molar-refractivity contribution in [3.8, 4) is 0 Å². The zero-order valence-corrected chi connectivity index (χ0v) is 16.0. The van der Waals surface area contributed by atoms with Gasteiger partial charge in [-0.15, -0.1) is 0 Å². The number of aromatic nitrogens is 3. The van der Waals surface area contributed by atoms with Gasteiger partial charge in [0.1, 0.15) is 5.69 Å². The second kappa shape index (κ2) is 8.79. The fourth-order valence-corrected chi connectivity index (χ4v) is 3.48. The van der Waals surface area contributed by atoms with Gasteiger partial charge in [0, 0.05) is 44.0 Å². The SMILES string of the molecule is Cc1cc(C)n(CCCNC(=O)C2CCN(C(=O)c3ccccn3)CC2)n1. The van der Waals surface area contributed by atoms with Crippen LogP contribution in [0.15, 0.2) is 30.5 Å². The smallest absolute Gasteiger partial charge is 0.272 e. The van der Waals surface area contributed by atoms with Gasteiger partial charge in [0.2, 0.25) is 5.91 Å². The lowest BCUT2D eigenvalue weighted by Crippen LogP contribution is -2.43. The Morgan fingerprint density at radius 2 is 2.00 bits per heavy atom. The van der Waals surface area contributed by atoms with Crippen molar-refractivity contribution in [1.82, 2.24) is 25.0 Å². The number of hydrogen-bond donors (Lipinski definition) is 1. The van der Waals surface area contributed by atoms with Gasteiger partial charge in [-0.3, -0.25) is 19.3 Å². The van der Waals surface area contributed by atoms with Crippen LogP contribution in [0.4, 0.5) is 0 Å². The van der Waals surface area contributed by atoms with Crippen LogP contribution in [0.1, 0.15) is 41.1 Å². The highest BCUT2D eigenvalue weighted by Gasteiger charge is 2.27. The molecule has 0 bridgehead atoms. The molecule has 0 aromatic carbocycles. The summed E-state index contributed by atoms with van der Waals surface area (Å²) < 4.78 is 1.98. The molecule has 0 aliphatic carbocycles. The van der Waals surface area contributed by atoms with E-state index >= 15 is 0 Å². The second-order valence-electron chi connectivity index (χ2n) is 7.08. The Bertz CT molecular complexity index is 779. The van der Waals surface area contributed by atoms with Gasteiger partial charge in [-0.1, -0.05) is 6.07 Å². The number of hydrogen-bond acceptors (Lipinski definition) is 4. The van der Waals surface area contributed by atoms with Crippen molar-refractivity contribution < 1.29 is 9.59 Å². The Hall–Kier alpha value is -2.70. The zero-order chi connectivity index (χ0) is 19.2. The quantitative estimate of drug-likeness (QED) is 0.790. The van der Waals surface area contributed by atoms with Crippen LogP contribution in [0, 0.1) is 19.8 Å². The Balaban J connectivity index is 1.38. The Morgan fingerprint density at radius 3 is 2.63 bits per heavy atom. The highest BCUT2D eigenvalue weighted by atomic mass is 16.2. The molecule has 7 nitrogen and oxygen atoms in total. The minimum Gasteiger partial charge on any atom is -0.356 e. The molecule has 2 amide bonds. The molecule has 2 aromatic rings. The zero-order valence-electron chi connectivity index (χ0n) is 16.0. The predicted molar refractivity (Wildman–Crippen MR) is 102 cm³/mol. The minimum atomic E-state index is -0.0562. The van der Waals surface area contributed by atoms with Gasteiger partial charge in [0.15, 0.2) is 0 Å². The molecule has 7 heteroatoms. The number of amides is 2. The van der Waals surface area contributed by atoms with E-state index in [1.165, 1.54) is 0 Å². The van der Waals surface area contributed by atoms with Gasteiger partial charge in [-0.25, -0.2) is 0 Å². The fourth-order valence-electron chi connectivity index (χ4n) is 3.48. The molecule has 2 aromatic heterocycles. The van der Waals surface area contributed by atoms with Crippen LogP contribution in [0.3, 0.4) is 0 Å². The Morgan fingerprint density at radius 1 is 1.22 bits per heavy atom. The van der Waals surface area contributed by atoms with Crippen LogP contribution in [-0.2, 0) is 11.3 Å². The third kappa shape index (κ3) is 4.93. The molecule has 3 heterocycles. The summed E-state index contributed by atoms with van der Waals surface area (Å²) in [6, 6.07) is 7.39. The van der Waals surface area contributed by atoms with Crippen molar-refractivity contribution in [3.63, 3.8) is 0 Å². The van der Waals surface area contributed by atoms with Crippen LogP contribution in [-0.4, -0.2) is 51.1 Å². The molecule has 27 heavy (non-hydrogen) atoms. The molecule has 0 saturated carbocycles. The van der Waals surface area contributed by atoms with Crippen LogP contribution >= 0.6 is 0 Å². The first kappa shape index (κ1) is 19.1. The standard InChI is InChI=1S/C20H27N5O2/c1-15-14-16(2)25(23-15)11-5-10-22-19(26)17-7-12-24(13-8-17)20(27)18-6-3-4-9-21-18/h3-4,6,9,14,17H,5,7-8,10-13H2,1-2H3,(H,22,26). The lowest BCUT2D eigenvalue weighted by Gasteiger charge is -2.31. The number of carbonyl (C=O) groups excluding carboxylic acids is 2. The number of rotatable bonds is 6. The maximum Gasteiger partial charge on any atom is 0.272 e. The maximum absolute atomic E-state index is 12.4. The molecule has 3 rings (SSSR count). The first-order chi connectivity index (χ1) is 13.0. The Labute approximate surface area is 159 Å². The number of piperidine rings is 1. The third-order valence-electron chi connectivity index (χ3n) is 4.99. The van der Waals surface area contributed by atoms with Crippen LogP contribution < -0.4 is 5.32 Å². The number of aryl methyl sites for hydroxylation is 3. The fraction of sp³-hybridized carbons (Fsp3) is 0.500. The average molecular weight is 369 g/mol. The van der Waals surface area contributed by atoms with Gasteiger partial charge < -0.3 is 10.2 Å². The predicted octanol–water partition coefficient (Wildman–Crippen LogP) is 1.95. The van der Waals surface area contributed by atoms with Gasteiger partial charge >= 0.3 is 0 Å². The van der Waals surface area contributed by atoms with E-state index in [9.17, 15) is 9.59 Å². The summed E-state index contributed by atoms with van der Waals surface area (Å²) in [6.45, 7) is 6.66. The van der Waals surface area contributed by atoms with E-state index in [2.05, 4.69) is 21.5 Å². The second-order valence-corrected chi connectivity index (χ2v) is 7.08. The molecular formula is C20H27N5O2. The van der Waals surface area contributed by atoms with Gasteiger partial charge in [0.25, 0.3) is 5.91 Å². The summed E-state index contributed by atoms with van der Waals surface area (Å²) in [7, 11) is 0. The average Bonchev–Trinajstić information content (AvgIpc) is 3.02. The normalized spacial score (nSPS) is 15.0. The van der Waals surface area contributed by atoms with Crippen molar-refractivity contribution in [2.45, 2.75) is 39.7 Å². The topological polar surface area (TPSA) is 80.1 Å². The molecule has 1 saturated heterocycles. The number of pyridine rings is 1. The van der Waals surface area contributed by atoms with E-state index in [0.717, 1.165) is 24.4 Å². The number of nitrogens with one attached hydrogen (secondary N) is 1. The van der Waals surface area contributed by atoms with E-state index in [4.69, 9.17) is 0 Å². The van der Waals surface area contributed by atoms with Gasteiger partial charge in [-0.05, 0) is 51.3 Å². The van der Waals surface area contributed by atoms with Crippen LogP contribution in [0.5, 0.6) is 0 Å². The number of carbonyl (C=O) groups is 2. The van der Waals surface area contributed by atoms with E-state index in [0.29, 0.717) is 38.2 Å². The first-order valence-electron chi connectivity index (χ1n) is 9.53. The summed E-state index contributed by atoms with van der Waals surface area (Å²) in [6.07, 6.45) is 3.87. The molecular weight excluding hydrogens is 342 g/mol. The van der Waals surface area contributed by atoms with Crippen molar-refractivity contribution in [2.75, 3.05) is 19.6 Å². The maximum atomic E-state index is 12.4. The summed E-state index contributed by atoms with van der Waals surface area (Å²) in [4.78, 5) is 30.7. The lowest BCUT2D eigenvalue weighted by atomic mass is 9.95. The molecule has 0 radical (unpaired) electrons. The molecule has 0 atom stereocenters. The molecule has 144 valence electrons. The number of nitrogens with zero attached hydrogens (tertiary/aromatic N) is 4. The first-order valence-corrected chi connectivity index (χ1v) is 9.53. The van der Waals surface area contributed by atoms with Crippen molar-refractivity contribution in [2.24, 2.45) is 5.92 Å². The number of likely N-dealkylation sites (tertiary alicyclic amines) is 1. The van der Waals surface area contributed by atoms with Crippen LogP contribution in [0.2, 0.25) is 0 Å².